The van der Waals surface area contributed by atoms with E-state index in [1.165, 1.54) is 11.9 Å². The summed E-state index contributed by atoms with van der Waals surface area (Å²) < 4.78 is 10.5. The fourth-order valence-electron chi connectivity index (χ4n) is 4.00. The van der Waals surface area contributed by atoms with Crippen molar-refractivity contribution in [1.82, 2.24) is 20.7 Å². The van der Waals surface area contributed by atoms with Gasteiger partial charge in [0, 0.05) is 29.9 Å². The molecule has 0 radical (unpaired) electrons. The summed E-state index contributed by atoms with van der Waals surface area (Å²) in [7, 11) is 1.52. The number of anilines is 1. The van der Waals surface area contributed by atoms with Crippen molar-refractivity contribution >= 4 is 17.7 Å². The van der Waals surface area contributed by atoms with Gasteiger partial charge in [0.15, 0.2) is 11.9 Å². The Morgan fingerprint density at radius 1 is 1.31 bits per heavy atom. The number of fused-ring (bicyclic) bond motifs is 3. The minimum atomic E-state index is -0.796. The van der Waals surface area contributed by atoms with E-state index < -0.39 is 12.2 Å². The third-order valence-corrected chi connectivity index (χ3v) is 5.43. The van der Waals surface area contributed by atoms with Crippen molar-refractivity contribution in [3.05, 3.63) is 41.6 Å². The molecule has 9 heteroatoms. The van der Waals surface area contributed by atoms with Gasteiger partial charge in [-0.1, -0.05) is 11.2 Å². The molecule has 1 saturated heterocycles. The Morgan fingerprint density at radius 2 is 2.21 bits per heavy atom. The number of nitrogens with zero attached hydrogens (tertiary/aromatic N) is 3. The second kappa shape index (κ2) is 6.77. The van der Waals surface area contributed by atoms with Crippen molar-refractivity contribution in [3.8, 4) is 22.7 Å². The van der Waals surface area contributed by atoms with E-state index in [0.29, 0.717) is 5.76 Å². The predicted octanol–water partition coefficient (Wildman–Crippen LogP) is 2.29. The van der Waals surface area contributed by atoms with E-state index >= 15 is 0 Å². The number of H-pyrrole nitrogens is 1. The molecular weight excluding hydrogens is 374 g/mol. The van der Waals surface area contributed by atoms with Gasteiger partial charge in [0.25, 0.3) is 5.91 Å². The molecule has 3 aromatic rings. The highest BCUT2D eigenvalue weighted by molar-refractivity contribution is 5.96. The van der Waals surface area contributed by atoms with Crippen molar-refractivity contribution in [2.45, 2.75) is 25.4 Å². The number of carbonyl (C=O) groups excluding carboxylic acids is 2. The minimum Gasteiger partial charge on any atom is -0.434 e. The number of benzene rings is 1. The zero-order valence-corrected chi connectivity index (χ0v) is 15.8. The van der Waals surface area contributed by atoms with Crippen molar-refractivity contribution < 1.29 is 18.8 Å². The number of hydrogen-bond donors (Lipinski definition) is 2. The fourth-order valence-corrected chi connectivity index (χ4v) is 4.00. The van der Waals surface area contributed by atoms with Crippen LogP contribution in [0.3, 0.4) is 0 Å². The van der Waals surface area contributed by atoms with Gasteiger partial charge in [0.2, 0.25) is 0 Å². The van der Waals surface area contributed by atoms with Crippen LogP contribution in [0.4, 0.5) is 10.5 Å². The summed E-state index contributed by atoms with van der Waals surface area (Å²) in [4.78, 5) is 25.6. The molecule has 2 N–H and O–H groups in total. The van der Waals surface area contributed by atoms with Gasteiger partial charge < -0.3 is 14.6 Å². The molecule has 3 heterocycles. The molecule has 1 aromatic carbocycles. The monoisotopic (exact) mass is 393 g/mol. The molecular formula is C20H19N5O4. The first-order valence-corrected chi connectivity index (χ1v) is 9.47. The number of carbonyl (C=O) groups is 2. The summed E-state index contributed by atoms with van der Waals surface area (Å²) in [5.41, 5.74) is 5.74. The van der Waals surface area contributed by atoms with Gasteiger partial charge in [-0.2, -0.15) is 5.10 Å². The summed E-state index contributed by atoms with van der Waals surface area (Å²) in [6.45, 7) is 0.197. The summed E-state index contributed by atoms with van der Waals surface area (Å²) >= 11 is 0. The maximum Gasteiger partial charge on any atom is 0.415 e. The number of hydrogen-bond acceptors (Lipinski definition) is 6. The van der Waals surface area contributed by atoms with Crippen molar-refractivity contribution in [3.63, 3.8) is 0 Å². The summed E-state index contributed by atoms with van der Waals surface area (Å²) in [6.07, 6.45) is 2.96. The molecule has 0 bridgehead atoms. The number of aryl methyl sites for hydroxylation is 1. The normalized spacial score (nSPS) is 18.0. The Morgan fingerprint density at radius 3 is 3.00 bits per heavy atom. The predicted molar refractivity (Wildman–Crippen MR) is 103 cm³/mol. The van der Waals surface area contributed by atoms with Crippen LogP contribution in [0.15, 0.2) is 35.0 Å². The zero-order valence-electron chi connectivity index (χ0n) is 15.8. The molecule has 0 unspecified atom stereocenters. The molecule has 2 aromatic heterocycles. The first-order valence-electron chi connectivity index (χ1n) is 9.47. The van der Waals surface area contributed by atoms with Crippen LogP contribution in [0.2, 0.25) is 0 Å². The largest absolute Gasteiger partial charge is 0.434 e. The van der Waals surface area contributed by atoms with Gasteiger partial charge >= 0.3 is 6.09 Å². The van der Waals surface area contributed by atoms with E-state index in [1.54, 1.807) is 12.3 Å². The average molecular weight is 393 g/mol. The number of aromatic amines is 1. The lowest BCUT2D eigenvalue weighted by molar-refractivity contribution is -0.127. The number of nitrogens with one attached hydrogen (secondary N) is 2. The van der Waals surface area contributed by atoms with Crippen LogP contribution < -0.4 is 10.2 Å². The summed E-state index contributed by atoms with van der Waals surface area (Å²) in [5, 5.41) is 13.9. The molecule has 5 rings (SSSR count). The van der Waals surface area contributed by atoms with Gasteiger partial charge in [0.05, 0.1) is 18.4 Å². The number of ether oxygens (including phenoxy) is 1. The Labute approximate surface area is 166 Å². The number of cyclic esters (lactones) is 1. The number of likely N-dealkylation sites (N-methyl/N-ethyl adjacent to an activating group) is 1. The van der Waals surface area contributed by atoms with E-state index in [4.69, 9.17) is 9.26 Å². The number of rotatable bonds is 3. The van der Waals surface area contributed by atoms with Gasteiger partial charge in [-0.3, -0.25) is 14.8 Å². The van der Waals surface area contributed by atoms with Crippen molar-refractivity contribution in [1.29, 1.82) is 0 Å². The van der Waals surface area contributed by atoms with Gasteiger partial charge in [0.1, 0.15) is 5.69 Å². The molecule has 1 atom stereocenters. The van der Waals surface area contributed by atoms with Crippen LogP contribution in [-0.2, 0) is 22.4 Å². The highest BCUT2D eigenvalue weighted by Gasteiger charge is 2.37. The highest BCUT2D eigenvalue weighted by atomic mass is 16.6. The van der Waals surface area contributed by atoms with Crippen LogP contribution >= 0.6 is 0 Å². The average Bonchev–Trinajstić information content (AvgIpc) is 3.45. The molecule has 2 aliphatic rings. The van der Waals surface area contributed by atoms with E-state index in [9.17, 15) is 9.59 Å². The first-order chi connectivity index (χ1) is 14.2. The summed E-state index contributed by atoms with van der Waals surface area (Å²) in [5.74, 6) is 0.334. The van der Waals surface area contributed by atoms with Crippen molar-refractivity contribution in [2.24, 2.45) is 0 Å². The smallest absolute Gasteiger partial charge is 0.415 e. The van der Waals surface area contributed by atoms with Gasteiger partial charge in [-0.05, 0) is 37.0 Å². The highest BCUT2D eigenvalue weighted by Crippen LogP contribution is 2.38. The lowest BCUT2D eigenvalue weighted by atomic mass is 10.0. The Hall–Kier alpha value is -3.62. The third-order valence-electron chi connectivity index (χ3n) is 5.43. The summed E-state index contributed by atoms with van der Waals surface area (Å²) in [6, 6.07) is 7.65. The maximum atomic E-state index is 12.3. The molecule has 0 saturated carbocycles. The first kappa shape index (κ1) is 17.5. The molecule has 1 aliphatic carbocycles. The second-order valence-corrected chi connectivity index (χ2v) is 7.09. The van der Waals surface area contributed by atoms with E-state index in [2.05, 4.69) is 20.7 Å². The van der Waals surface area contributed by atoms with E-state index in [0.717, 1.165) is 53.0 Å². The molecule has 1 aliphatic heterocycles. The molecule has 9 nitrogen and oxygen atoms in total. The Balaban J connectivity index is 1.49. The lowest BCUT2D eigenvalue weighted by Crippen LogP contribution is -2.35. The third kappa shape index (κ3) is 2.86. The molecule has 0 spiro atoms. The van der Waals surface area contributed by atoms with E-state index in [1.807, 2.05) is 18.2 Å². The molecule has 148 valence electrons. The number of amides is 2. The van der Waals surface area contributed by atoms with Gasteiger partial charge in [-0.25, -0.2) is 4.79 Å². The Bertz CT molecular complexity index is 1090. The standard InChI is InChI=1S/C20H19N5O4/c1-21-19(26)16-10-25(20(27)28-16)12-5-6-13-11(9-12)3-2-4-14-17(13)23-24-18(14)15-7-8-22-29-15/h5-9,16H,2-4,10H2,1H3,(H,21,26)(H,23,24)/t16-/m1/s1. The van der Waals surface area contributed by atoms with Crippen LogP contribution in [0.25, 0.3) is 22.7 Å². The number of aromatic nitrogens is 3. The van der Waals surface area contributed by atoms with Crippen LogP contribution in [0.1, 0.15) is 17.5 Å². The quantitative estimate of drug-likeness (QED) is 0.706. The maximum absolute atomic E-state index is 12.3. The van der Waals surface area contributed by atoms with Crippen LogP contribution in [0.5, 0.6) is 0 Å². The molecule has 2 amide bonds. The SMILES string of the molecule is CNC(=O)[C@H]1CN(c2ccc3c(c2)CCCc2c(-c4ccno4)n[nH]c2-3)C(=O)O1. The zero-order chi connectivity index (χ0) is 20.0. The Kier molecular flexibility index (Phi) is 4.08. The second-order valence-electron chi connectivity index (χ2n) is 7.09. The van der Waals surface area contributed by atoms with Crippen molar-refractivity contribution in [2.75, 3.05) is 18.5 Å². The minimum absolute atomic E-state index is 0.197. The molecule has 1 fully saturated rings. The lowest BCUT2D eigenvalue weighted by Gasteiger charge is -2.16. The topological polar surface area (TPSA) is 113 Å². The molecule has 29 heavy (non-hydrogen) atoms. The van der Waals surface area contributed by atoms with E-state index in [-0.39, 0.29) is 12.5 Å². The van der Waals surface area contributed by atoms with Crippen LogP contribution in [0, 0.1) is 0 Å². The van der Waals surface area contributed by atoms with Gasteiger partial charge in [-0.15, -0.1) is 0 Å². The van der Waals surface area contributed by atoms with Crippen LogP contribution in [-0.4, -0.2) is 47.1 Å². The fraction of sp³-hybridized carbons (Fsp3) is 0.300.